The zero-order chi connectivity index (χ0) is 13.4. The second kappa shape index (κ2) is 4.79. The van der Waals surface area contributed by atoms with Gasteiger partial charge in [0.15, 0.2) is 0 Å². The third-order valence-corrected chi connectivity index (χ3v) is 3.48. The van der Waals surface area contributed by atoms with Crippen LogP contribution in [0.15, 0.2) is 18.2 Å². The lowest BCUT2D eigenvalue weighted by Gasteiger charge is -2.06. The molecule has 0 aliphatic carbocycles. The maximum absolute atomic E-state index is 10.1. The molecule has 1 N–H and O–H groups in total. The summed E-state index contributed by atoms with van der Waals surface area (Å²) in [5.74, 6) is 0. The van der Waals surface area contributed by atoms with Crippen LogP contribution in [0.4, 0.5) is 0 Å². The number of nitrogens with zero attached hydrogens (tertiary/aromatic N) is 3. The van der Waals surface area contributed by atoms with E-state index < -0.39 is 7.12 Å². The van der Waals surface area contributed by atoms with Gasteiger partial charge in [-0.25, -0.2) is 0 Å². The predicted octanol–water partition coefficient (Wildman–Crippen LogP) is 0.534. The lowest BCUT2D eigenvalue weighted by Crippen LogP contribution is -2.35. The van der Waals surface area contributed by atoms with Gasteiger partial charge in [-0.3, -0.25) is 9.67 Å². The highest BCUT2D eigenvalue weighted by Gasteiger charge is 2.31. The third-order valence-electron chi connectivity index (χ3n) is 3.48. The fourth-order valence-electron chi connectivity index (χ4n) is 2.60. The van der Waals surface area contributed by atoms with Gasteiger partial charge in [-0.1, -0.05) is 6.07 Å². The zero-order valence-corrected chi connectivity index (χ0v) is 11.1. The first-order valence-corrected chi connectivity index (χ1v) is 6.45. The Balaban J connectivity index is 2.16. The largest absolute Gasteiger partial charge is 0.495 e. The van der Waals surface area contributed by atoms with E-state index in [9.17, 15) is 5.02 Å². The van der Waals surface area contributed by atoms with Crippen LogP contribution in [0.5, 0.6) is 0 Å². The first-order valence-electron chi connectivity index (χ1n) is 6.45. The van der Waals surface area contributed by atoms with E-state index in [4.69, 9.17) is 4.65 Å². The van der Waals surface area contributed by atoms with E-state index in [0.717, 1.165) is 47.6 Å². The number of hydrogen-bond acceptors (Lipinski definition) is 4. The summed E-state index contributed by atoms with van der Waals surface area (Å²) < 4.78 is 7.04. The van der Waals surface area contributed by atoms with Crippen molar-refractivity contribution in [3.8, 4) is 11.4 Å². The molecule has 0 saturated carbocycles. The molecule has 0 amide bonds. The van der Waals surface area contributed by atoms with Gasteiger partial charge in [0.2, 0.25) is 0 Å². The fourth-order valence-corrected chi connectivity index (χ4v) is 2.60. The quantitative estimate of drug-likeness (QED) is 0.815. The summed E-state index contributed by atoms with van der Waals surface area (Å²) in [6, 6.07) is 5.81. The number of fused-ring (bicyclic) bond motifs is 1. The van der Waals surface area contributed by atoms with E-state index in [-0.39, 0.29) is 0 Å². The zero-order valence-electron chi connectivity index (χ0n) is 11.1. The topological polar surface area (TPSA) is 60.2 Å². The highest BCUT2D eigenvalue weighted by Crippen LogP contribution is 2.21. The van der Waals surface area contributed by atoms with Gasteiger partial charge >= 0.3 is 7.12 Å². The van der Waals surface area contributed by atoms with Gasteiger partial charge in [0.1, 0.15) is 5.69 Å². The molecule has 0 spiro atoms. The molecule has 0 radical (unpaired) electrons. The Hall–Kier alpha value is -1.66. The molecule has 0 unspecified atom stereocenters. The number of aryl methyl sites for hydroxylation is 2. The highest BCUT2D eigenvalue weighted by molar-refractivity contribution is 6.62. The van der Waals surface area contributed by atoms with Crippen LogP contribution in [0, 0.1) is 6.92 Å². The third kappa shape index (κ3) is 2.07. The maximum atomic E-state index is 10.1. The van der Waals surface area contributed by atoms with Crippen molar-refractivity contribution in [2.24, 2.45) is 0 Å². The van der Waals surface area contributed by atoms with Crippen molar-refractivity contribution in [1.82, 2.24) is 14.8 Å². The van der Waals surface area contributed by atoms with Crippen molar-refractivity contribution in [2.45, 2.75) is 26.3 Å². The molecule has 98 valence electrons. The molecule has 1 aliphatic heterocycles. The van der Waals surface area contributed by atoms with Crippen LogP contribution in [-0.4, -0.2) is 34.0 Å². The smallest absolute Gasteiger partial charge is 0.423 e. The fraction of sp³-hybridized carbons (Fsp3) is 0.385. The summed E-state index contributed by atoms with van der Waals surface area (Å²) in [5.41, 5.74) is 4.27. The normalized spacial score (nSPS) is 13.6. The Bertz CT molecular complexity index is 612. The Labute approximate surface area is 112 Å². The van der Waals surface area contributed by atoms with Crippen LogP contribution in [0.3, 0.4) is 0 Å². The molecule has 1 aliphatic rings. The molecule has 3 heterocycles. The van der Waals surface area contributed by atoms with Crippen LogP contribution >= 0.6 is 0 Å². The summed E-state index contributed by atoms with van der Waals surface area (Å²) in [5, 5.41) is 14.7. The molecule has 2 aromatic rings. The molecule has 0 atom stereocenters. The van der Waals surface area contributed by atoms with Crippen molar-refractivity contribution in [2.75, 3.05) is 7.11 Å². The molecule has 0 bridgehead atoms. The SMILES string of the molecule is COB(O)c1c(-c2cccc(C)n2)nn2c1CCC2. The van der Waals surface area contributed by atoms with E-state index in [0.29, 0.717) is 0 Å². The van der Waals surface area contributed by atoms with E-state index in [1.165, 1.54) is 7.11 Å². The average molecular weight is 257 g/mol. The van der Waals surface area contributed by atoms with E-state index in [1.54, 1.807) is 0 Å². The van der Waals surface area contributed by atoms with Gasteiger partial charge in [0, 0.05) is 30.5 Å². The van der Waals surface area contributed by atoms with Crippen LogP contribution in [0.2, 0.25) is 0 Å². The van der Waals surface area contributed by atoms with E-state index in [1.807, 2.05) is 29.8 Å². The second-order valence-corrected chi connectivity index (χ2v) is 4.79. The Kier molecular flexibility index (Phi) is 3.12. The van der Waals surface area contributed by atoms with Gasteiger partial charge in [0.25, 0.3) is 0 Å². The van der Waals surface area contributed by atoms with Crippen molar-refractivity contribution < 1.29 is 9.68 Å². The molecule has 0 saturated heterocycles. The molecule has 3 rings (SSSR count). The monoisotopic (exact) mass is 257 g/mol. The van der Waals surface area contributed by atoms with Crippen LogP contribution < -0.4 is 5.46 Å². The van der Waals surface area contributed by atoms with Crippen molar-refractivity contribution in [3.05, 3.63) is 29.6 Å². The second-order valence-electron chi connectivity index (χ2n) is 4.79. The number of aromatic nitrogens is 3. The molecular weight excluding hydrogens is 241 g/mol. The average Bonchev–Trinajstić information content (AvgIpc) is 2.97. The van der Waals surface area contributed by atoms with Gasteiger partial charge in [0.05, 0.1) is 5.69 Å². The van der Waals surface area contributed by atoms with Crippen molar-refractivity contribution in [3.63, 3.8) is 0 Å². The Morgan fingerprint density at radius 2 is 2.26 bits per heavy atom. The van der Waals surface area contributed by atoms with Gasteiger partial charge in [-0.15, -0.1) is 0 Å². The minimum Gasteiger partial charge on any atom is -0.423 e. The standard InChI is InChI=1S/C13H16BN3O2/c1-9-5-3-6-10(15-9)13-12(14(18)19-2)11-7-4-8-17(11)16-13/h3,5-6,18H,4,7-8H2,1-2H3. The first-order chi connectivity index (χ1) is 9.20. The summed E-state index contributed by atoms with van der Waals surface area (Å²) in [6.45, 7) is 2.84. The molecule has 5 nitrogen and oxygen atoms in total. The van der Waals surface area contributed by atoms with Crippen molar-refractivity contribution >= 4 is 12.6 Å². The van der Waals surface area contributed by atoms with Gasteiger partial charge in [-0.2, -0.15) is 5.10 Å². The maximum Gasteiger partial charge on any atom is 0.495 e. The summed E-state index contributed by atoms with van der Waals surface area (Å²) in [7, 11) is 0.552. The summed E-state index contributed by atoms with van der Waals surface area (Å²) in [6.07, 6.45) is 1.99. The van der Waals surface area contributed by atoms with Gasteiger partial charge < -0.3 is 9.68 Å². The molecule has 19 heavy (non-hydrogen) atoms. The lowest BCUT2D eigenvalue weighted by molar-refractivity contribution is 0.341. The first kappa shape index (κ1) is 12.4. The number of pyridine rings is 1. The van der Waals surface area contributed by atoms with Gasteiger partial charge in [-0.05, 0) is 31.9 Å². The Morgan fingerprint density at radius 3 is 3.00 bits per heavy atom. The van der Waals surface area contributed by atoms with E-state index in [2.05, 4.69) is 10.1 Å². The summed E-state index contributed by atoms with van der Waals surface area (Å²) in [4.78, 5) is 4.49. The van der Waals surface area contributed by atoms with Crippen LogP contribution in [0.1, 0.15) is 17.8 Å². The molecule has 0 fully saturated rings. The lowest BCUT2D eigenvalue weighted by atomic mass is 9.76. The van der Waals surface area contributed by atoms with Crippen LogP contribution in [-0.2, 0) is 17.6 Å². The number of hydrogen-bond donors (Lipinski definition) is 1. The minimum absolute atomic E-state index is 0.729. The van der Waals surface area contributed by atoms with Crippen LogP contribution in [0.25, 0.3) is 11.4 Å². The van der Waals surface area contributed by atoms with Crippen molar-refractivity contribution in [1.29, 1.82) is 0 Å². The van der Waals surface area contributed by atoms with E-state index >= 15 is 0 Å². The minimum atomic E-state index is -0.945. The molecule has 0 aromatic carbocycles. The Morgan fingerprint density at radius 1 is 1.42 bits per heavy atom. The predicted molar refractivity (Wildman–Crippen MR) is 73.1 cm³/mol. The molecular formula is C13H16BN3O2. The summed E-state index contributed by atoms with van der Waals surface area (Å²) >= 11 is 0. The number of rotatable bonds is 3. The highest BCUT2D eigenvalue weighted by atomic mass is 16.5. The molecule has 6 heteroatoms. The molecule has 2 aromatic heterocycles.